The molecule has 1 aliphatic heterocycles. The van der Waals surface area contributed by atoms with Crippen LogP contribution in [0.1, 0.15) is 18.7 Å². The lowest BCUT2D eigenvalue weighted by Crippen LogP contribution is -2.36. The van der Waals surface area contributed by atoms with Gasteiger partial charge < -0.3 is 19.7 Å². The Kier molecular flexibility index (Phi) is 3.42. The van der Waals surface area contributed by atoms with Gasteiger partial charge in [-0.05, 0) is 24.3 Å². The van der Waals surface area contributed by atoms with Crippen LogP contribution in [0.2, 0.25) is 0 Å². The fourth-order valence-electron chi connectivity index (χ4n) is 2.37. The molecule has 6 heteroatoms. The van der Waals surface area contributed by atoms with Crippen LogP contribution in [0.3, 0.4) is 0 Å². The summed E-state index contributed by atoms with van der Waals surface area (Å²) in [6.45, 7) is 1.28. The predicted molar refractivity (Wildman–Crippen MR) is 72.9 cm³/mol. The maximum Gasteiger partial charge on any atom is 0.258 e. The van der Waals surface area contributed by atoms with E-state index in [4.69, 9.17) is 19.7 Å². The molecule has 0 radical (unpaired) electrons. The summed E-state index contributed by atoms with van der Waals surface area (Å²) < 4.78 is 16.4. The Morgan fingerprint density at radius 1 is 1.20 bits per heavy atom. The van der Waals surface area contributed by atoms with Crippen molar-refractivity contribution in [1.29, 1.82) is 0 Å². The Balaban J connectivity index is 1.91. The van der Waals surface area contributed by atoms with Gasteiger partial charge in [0, 0.05) is 44.4 Å². The third-order valence-electron chi connectivity index (χ3n) is 3.68. The molecule has 0 unspecified atom stereocenters. The molecule has 0 spiro atoms. The molecule has 2 aromatic rings. The average Bonchev–Trinajstić information content (AvgIpc) is 2.99. The van der Waals surface area contributed by atoms with E-state index in [2.05, 4.69) is 10.1 Å². The molecule has 0 saturated carbocycles. The van der Waals surface area contributed by atoms with E-state index in [0.717, 1.165) is 18.4 Å². The summed E-state index contributed by atoms with van der Waals surface area (Å²) >= 11 is 0. The summed E-state index contributed by atoms with van der Waals surface area (Å²) in [4.78, 5) is 4.48. The fraction of sp³-hybridized carbons (Fsp3) is 0.429. The van der Waals surface area contributed by atoms with Crippen molar-refractivity contribution in [2.24, 2.45) is 0 Å². The normalized spacial score (nSPS) is 18.1. The number of methoxy groups -OCH3 is 1. The number of benzene rings is 1. The van der Waals surface area contributed by atoms with Gasteiger partial charge in [0.25, 0.3) is 5.89 Å². The number of aromatic nitrogens is 2. The minimum absolute atomic E-state index is 0.475. The zero-order chi connectivity index (χ0) is 14.0. The smallest absolute Gasteiger partial charge is 0.258 e. The van der Waals surface area contributed by atoms with E-state index in [1.54, 1.807) is 19.2 Å². The average molecular weight is 275 g/mol. The number of ether oxygens (including phenoxy) is 2. The zero-order valence-electron chi connectivity index (χ0n) is 11.3. The van der Waals surface area contributed by atoms with Crippen LogP contribution in [0.5, 0.6) is 0 Å². The lowest BCUT2D eigenvalue weighted by atomic mass is 9.93. The first-order valence-corrected chi connectivity index (χ1v) is 6.56. The maximum atomic E-state index is 5.67. The third-order valence-corrected chi connectivity index (χ3v) is 3.68. The summed E-state index contributed by atoms with van der Waals surface area (Å²) in [5.74, 6) is 1.05. The van der Waals surface area contributed by atoms with Crippen molar-refractivity contribution < 1.29 is 14.0 Å². The molecule has 3 rings (SSSR count). The van der Waals surface area contributed by atoms with E-state index in [9.17, 15) is 0 Å². The summed E-state index contributed by atoms with van der Waals surface area (Å²) in [5.41, 5.74) is 6.71. The first-order valence-electron chi connectivity index (χ1n) is 6.56. The molecule has 2 N–H and O–H groups in total. The molecule has 1 aliphatic rings. The van der Waals surface area contributed by atoms with Gasteiger partial charge in [0.2, 0.25) is 5.82 Å². The van der Waals surface area contributed by atoms with Gasteiger partial charge in [-0.2, -0.15) is 4.98 Å². The van der Waals surface area contributed by atoms with Crippen LogP contribution < -0.4 is 5.73 Å². The summed E-state index contributed by atoms with van der Waals surface area (Å²) in [7, 11) is 1.67. The van der Waals surface area contributed by atoms with Crippen LogP contribution in [0.15, 0.2) is 28.8 Å². The van der Waals surface area contributed by atoms with Gasteiger partial charge >= 0.3 is 0 Å². The molecule has 106 valence electrons. The second kappa shape index (κ2) is 5.22. The third kappa shape index (κ3) is 2.28. The van der Waals surface area contributed by atoms with Gasteiger partial charge in [0.05, 0.1) is 0 Å². The highest BCUT2D eigenvalue weighted by Gasteiger charge is 2.39. The second-order valence-electron chi connectivity index (χ2n) is 4.86. The topological polar surface area (TPSA) is 83.4 Å². The van der Waals surface area contributed by atoms with Crippen LogP contribution in [-0.4, -0.2) is 30.5 Å². The minimum atomic E-state index is -0.506. The predicted octanol–water partition coefficient (Wildman–Crippen LogP) is 1.97. The number of nitrogens with zero attached hydrogens (tertiary/aromatic N) is 2. The molecule has 0 amide bonds. The first kappa shape index (κ1) is 13.1. The number of nitrogens with two attached hydrogens (primary N) is 1. The van der Waals surface area contributed by atoms with E-state index in [-0.39, 0.29) is 0 Å². The number of nitrogen functional groups attached to an aromatic ring is 1. The molecule has 1 fully saturated rings. The van der Waals surface area contributed by atoms with Gasteiger partial charge in [-0.3, -0.25) is 0 Å². The zero-order valence-corrected chi connectivity index (χ0v) is 11.3. The number of hydrogen-bond acceptors (Lipinski definition) is 6. The van der Waals surface area contributed by atoms with E-state index in [1.165, 1.54) is 0 Å². The van der Waals surface area contributed by atoms with Gasteiger partial charge in [-0.25, -0.2) is 0 Å². The Bertz CT molecular complexity index is 574. The van der Waals surface area contributed by atoms with Gasteiger partial charge in [0.1, 0.15) is 5.60 Å². The van der Waals surface area contributed by atoms with Crippen molar-refractivity contribution in [3.63, 3.8) is 0 Å². The van der Waals surface area contributed by atoms with Gasteiger partial charge in [-0.15, -0.1) is 0 Å². The highest BCUT2D eigenvalue weighted by molar-refractivity contribution is 5.57. The molecular formula is C14H17N3O3. The molecule has 2 heterocycles. The van der Waals surface area contributed by atoms with Gasteiger partial charge in [0.15, 0.2) is 0 Å². The van der Waals surface area contributed by atoms with Crippen LogP contribution >= 0.6 is 0 Å². The van der Waals surface area contributed by atoms with E-state index in [0.29, 0.717) is 30.6 Å². The number of anilines is 1. The molecule has 20 heavy (non-hydrogen) atoms. The highest BCUT2D eigenvalue weighted by atomic mass is 16.5. The van der Waals surface area contributed by atoms with Crippen LogP contribution in [0.4, 0.5) is 5.69 Å². The number of rotatable bonds is 3. The fourth-order valence-corrected chi connectivity index (χ4v) is 2.37. The summed E-state index contributed by atoms with van der Waals surface area (Å²) in [6.07, 6.45) is 1.45. The Morgan fingerprint density at radius 2 is 1.90 bits per heavy atom. The number of hydrogen-bond donors (Lipinski definition) is 1. The van der Waals surface area contributed by atoms with Crippen molar-refractivity contribution in [1.82, 2.24) is 10.1 Å². The highest BCUT2D eigenvalue weighted by Crippen LogP contribution is 2.34. The van der Waals surface area contributed by atoms with Crippen LogP contribution in [-0.2, 0) is 15.1 Å². The SMILES string of the molecule is COC1(c2noc(-c3ccc(N)cc3)n2)CCOCC1. The molecule has 1 saturated heterocycles. The van der Waals surface area contributed by atoms with Crippen LogP contribution in [0, 0.1) is 0 Å². The van der Waals surface area contributed by atoms with Gasteiger partial charge in [-0.1, -0.05) is 5.16 Å². The molecule has 1 aromatic carbocycles. The molecule has 0 aliphatic carbocycles. The molecular weight excluding hydrogens is 258 g/mol. The molecule has 0 atom stereocenters. The van der Waals surface area contributed by atoms with E-state index >= 15 is 0 Å². The largest absolute Gasteiger partial charge is 0.399 e. The monoisotopic (exact) mass is 275 g/mol. The Hall–Kier alpha value is -1.92. The minimum Gasteiger partial charge on any atom is -0.399 e. The van der Waals surface area contributed by atoms with Crippen molar-refractivity contribution in [2.75, 3.05) is 26.1 Å². The van der Waals surface area contributed by atoms with Crippen molar-refractivity contribution in [3.8, 4) is 11.5 Å². The second-order valence-corrected chi connectivity index (χ2v) is 4.86. The van der Waals surface area contributed by atoms with Crippen LogP contribution in [0.25, 0.3) is 11.5 Å². The Morgan fingerprint density at radius 3 is 2.55 bits per heavy atom. The molecule has 1 aromatic heterocycles. The molecule has 0 bridgehead atoms. The van der Waals surface area contributed by atoms with Crippen molar-refractivity contribution in [3.05, 3.63) is 30.1 Å². The lowest BCUT2D eigenvalue weighted by molar-refractivity contribution is -0.101. The Labute approximate surface area is 116 Å². The van der Waals surface area contributed by atoms with E-state index < -0.39 is 5.60 Å². The standard InChI is InChI=1S/C14H17N3O3/c1-18-14(6-8-19-9-7-14)13-16-12(20-17-13)10-2-4-11(15)5-3-10/h2-5H,6-9,15H2,1H3. The van der Waals surface area contributed by atoms with Crippen molar-refractivity contribution in [2.45, 2.75) is 18.4 Å². The van der Waals surface area contributed by atoms with Crippen molar-refractivity contribution >= 4 is 5.69 Å². The van der Waals surface area contributed by atoms with E-state index in [1.807, 2.05) is 12.1 Å². The first-order chi connectivity index (χ1) is 9.73. The summed E-state index contributed by atoms with van der Waals surface area (Å²) in [5, 5.41) is 4.08. The summed E-state index contributed by atoms with van der Waals surface area (Å²) in [6, 6.07) is 7.33. The maximum absolute atomic E-state index is 5.67. The lowest BCUT2D eigenvalue weighted by Gasteiger charge is -2.32. The quantitative estimate of drug-likeness (QED) is 0.862. The molecule has 6 nitrogen and oxygen atoms in total.